The molecule has 0 saturated carbocycles. The van der Waals surface area contributed by atoms with Crippen LogP contribution in [0, 0.1) is 11.6 Å². The van der Waals surface area contributed by atoms with Crippen molar-refractivity contribution in [2.45, 2.75) is 18.9 Å². The molecular weight excluding hydrogens is 264 g/mol. The number of amides is 1. The van der Waals surface area contributed by atoms with Gasteiger partial charge in [0.25, 0.3) is 0 Å². The summed E-state index contributed by atoms with van der Waals surface area (Å²) in [7, 11) is 1.88. The van der Waals surface area contributed by atoms with E-state index in [-0.39, 0.29) is 18.1 Å². The number of anilines is 1. The highest BCUT2D eigenvalue weighted by molar-refractivity contribution is 5.92. The number of halogens is 2. The van der Waals surface area contributed by atoms with Gasteiger partial charge in [0.05, 0.1) is 6.54 Å². The summed E-state index contributed by atoms with van der Waals surface area (Å²) in [5.74, 6) is -1.68. The summed E-state index contributed by atoms with van der Waals surface area (Å²) in [4.78, 5) is 13.8. The Morgan fingerprint density at radius 3 is 2.70 bits per heavy atom. The molecule has 20 heavy (non-hydrogen) atoms. The van der Waals surface area contributed by atoms with E-state index >= 15 is 0 Å². The molecule has 0 radical (unpaired) electrons. The summed E-state index contributed by atoms with van der Waals surface area (Å²) in [5, 5.41) is 5.79. The van der Waals surface area contributed by atoms with Gasteiger partial charge >= 0.3 is 0 Å². The molecular formula is C14H19F2N3O. The molecule has 0 aromatic heterocycles. The van der Waals surface area contributed by atoms with Gasteiger partial charge in [-0.15, -0.1) is 0 Å². The minimum atomic E-state index is -0.704. The Balaban J connectivity index is 1.88. The number of hydrogen-bond acceptors (Lipinski definition) is 3. The number of carbonyl (C=O) groups is 1. The van der Waals surface area contributed by atoms with E-state index in [2.05, 4.69) is 10.6 Å². The van der Waals surface area contributed by atoms with Crippen LogP contribution in [0.4, 0.5) is 14.5 Å². The maximum Gasteiger partial charge on any atom is 0.238 e. The third-order valence-electron chi connectivity index (χ3n) is 3.43. The molecule has 1 amide bonds. The molecule has 2 N–H and O–H groups in total. The summed E-state index contributed by atoms with van der Waals surface area (Å²) in [5.41, 5.74) is 0.141. The summed E-state index contributed by atoms with van der Waals surface area (Å²) >= 11 is 0. The van der Waals surface area contributed by atoms with Gasteiger partial charge in [0.2, 0.25) is 5.91 Å². The molecule has 1 heterocycles. The summed E-state index contributed by atoms with van der Waals surface area (Å²) in [6, 6.07) is 3.29. The summed E-state index contributed by atoms with van der Waals surface area (Å²) < 4.78 is 26.0. The van der Waals surface area contributed by atoms with Crippen molar-refractivity contribution in [1.82, 2.24) is 10.2 Å². The van der Waals surface area contributed by atoms with E-state index in [1.165, 1.54) is 0 Å². The third-order valence-corrected chi connectivity index (χ3v) is 3.43. The highest BCUT2D eigenvalue weighted by Gasteiger charge is 2.19. The maximum absolute atomic E-state index is 13.0. The Bertz CT molecular complexity index is 455. The maximum atomic E-state index is 13.0. The molecule has 6 heteroatoms. The first-order chi connectivity index (χ1) is 9.54. The number of carbonyl (C=O) groups excluding carboxylic acids is 1. The fourth-order valence-electron chi connectivity index (χ4n) is 2.39. The van der Waals surface area contributed by atoms with Crippen molar-refractivity contribution >= 4 is 11.6 Å². The molecule has 4 nitrogen and oxygen atoms in total. The molecule has 0 spiro atoms. The second-order valence-electron chi connectivity index (χ2n) is 5.12. The molecule has 0 bridgehead atoms. The van der Waals surface area contributed by atoms with Crippen LogP contribution in [0.2, 0.25) is 0 Å². The molecule has 2 rings (SSSR count). The quantitative estimate of drug-likeness (QED) is 0.882. The summed E-state index contributed by atoms with van der Waals surface area (Å²) in [6.45, 7) is 2.07. The van der Waals surface area contributed by atoms with Gasteiger partial charge in [-0.1, -0.05) is 0 Å². The number of likely N-dealkylation sites (N-methyl/N-ethyl adjacent to an activating group) is 1. The van der Waals surface area contributed by atoms with Crippen molar-refractivity contribution in [3.8, 4) is 0 Å². The molecule has 1 saturated heterocycles. The van der Waals surface area contributed by atoms with Crippen LogP contribution in [0.25, 0.3) is 0 Å². The van der Waals surface area contributed by atoms with Gasteiger partial charge in [0.15, 0.2) is 0 Å². The number of nitrogens with one attached hydrogen (secondary N) is 2. The molecule has 1 aromatic carbocycles. The lowest BCUT2D eigenvalue weighted by Crippen LogP contribution is -2.46. The van der Waals surface area contributed by atoms with Crippen LogP contribution in [0.15, 0.2) is 18.2 Å². The zero-order valence-corrected chi connectivity index (χ0v) is 11.5. The SMILES string of the molecule is CN(CC(=O)Nc1cc(F)cc(F)c1)C1CCCNC1. The standard InChI is InChI=1S/C14H19F2N3O/c1-19(13-3-2-4-17-8-13)9-14(20)18-12-6-10(15)5-11(16)7-12/h5-7,13,17H,2-4,8-9H2,1H3,(H,18,20). The van der Waals surface area contributed by atoms with Gasteiger partial charge in [0, 0.05) is 24.3 Å². The zero-order valence-electron chi connectivity index (χ0n) is 11.5. The van der Waals surface area contributed by atoms with Crippen molar-refractivity contribution < 1.29 is 13.6 Å². The molecule has 1 fully saturated rings. The lowest BCUT2D eigenvalue weighted by Gasteiger charge is -2.31. The van der Waals surface area contributed by atoms with Crippen molar-refractivity contribution in [1.29, 1.82) is 0 Å². The molecule has 0 aliphatic carbocycles. The third kappa shape index (κ3) is 4.25. The Morgan fingerprint density at radius 2 is 2.10 bits per heavy atom. The number of rotatable bonds is 4. The van der Waals surface area contributed by atoms with Crippen molar-refractivity contribution in [2.75, 3.05) is 32.0 Å². The average molecular weight is 283 g/mol. The smallest absolute Gasteiger partial charge is 0.238 e. The van der Waals surface area contributed by atoms with Gasteiger partial charge in [-0.25, -0.2) is 8.78 Å². The fraction of sp³-hybridized carbons (Fsp3) is 0.500. The monoisotopic (exact) mass is 283 g/mol. The summed E-state index contributed by atoms with van der Waals surface area (Å²) in [6.07, 6.45) is 2.14. The molecule has 1 aliphatic rings. The molecule has 1 atom stereocenters. The van der Waals surface area contributed by atoms with Crippen LogP contribution < -0.4 is 10.6 Å². The minimum Gasteiger partial charge on any atom is -0.325 e. The van der Waals surface area contributed by atoms with Crippen molar-refractivity contribution in [3.63, 3.8) is 0 Å². The predicted molar refractivity (Wildman–Crippen MR) is 73.5 cm³/mol. The number of benzene rings is 1. The lowest BCUT2D eigenvalue weighted by atomic mass is 10.1. The number of hydrogen-bond donors (Lipinski definition) is 2. The number of piperidine rings is 1. The Kier molecular flexibility index (Phi) is 5.03. The topological polar surface area (TPSA) is 44.4 Å². The Morgan fingerprint density at radius 1 is 1.40 bits per heavy atom. The van der Waals surface area contributed by atoms with E-state index in [1.807, 2.05) is 11.9 Å². The fourth-order valence-corrected chi connectivity index (χ4v) is 2.39. The zero-order chi connectivity index (χ0) is 14.5. The Hall–Kier alpha value is -1.53. The van der Waals surface area contributed by atoms with E-state index < -0.39 is 11.6 Å². The first kappa shape index (κ1) is 14.9. The highest BCUT2D eigenvalue weighted by Crippen LogP contribution is 2.13. The molecule has 1 unspecified atom stereocenters. The molecule has 110 valence electrons. The molecule has 1 aromatic rings. The minimum absolute atomic E-state index is 0.141. The van der Waals surface area contributed by atoms with E-state index in [9.17, 15) is 13.6 Å². The van der Waals surface area contributed by atoms with Crippen LogP contribution in [-0.2, 0) is 4.79 Å². The Labute approximate surface area is 117 Å². The second-order valence-corrected chi connectivity index (χ2v) is 5.12. The van der Waals surface area contributed by atoms with Crippen LogP contribution in [0.1, 0.15) is 12.8 Å². The lowest BCUT2D eigenvalue weighted by molar-refractivity contribution is -0.117. The van der Waals surface area contributed by atoms with Crippen LogP contribution in [-0.4, -0.2) is 43.5 Å². The normalized spacial score (nSPS) is 19.1. The highest BCUT2D eigenvalue weighted by atomic mass is 19.1. The van der Waals surface area contributed by atoms with Crippen LogP contribution in [0.5, 0.6) is 0 Å². The van der Waals surface area contributed by atoms with Gasteiger partial charge in [-0.2, -0.15) is 0 Å². The molecule has 1 aliphatic heterocycles. The van der Waals surface area contributed by atoms with Crippen LogP contribution >= 0.6 is 0 Å². The van der Waals surface area contributed by atoms with Gasteiger partial charge in [-0.3, -0.25) is 9.69 Å². The number of nitrogens with zero attached hydrogens (tertiary/aromatic N) is 1. The predicted octanol–water partition coefficient (Wildman–Crippen LogP) is 1.59. The van der Waals surface area contributed by atoms with Gasteiger partial charge in [0.1, 0.15) is 11.6 Å². The van der Waals surface area contributed by atoms with E-state index in [0.29, 0.717) is 6.04 Å². The van der Waals surface area contributed by atoms with Crippen LogP contribution in [0.3, 0.4) is 0 Å². The second kappa shape index (κ2) is 6.76. The first-order valence-corrected chi connectivity index (χ1v) is 6.71. The van der Waals surface area contributed by atoms with Crippen molar-refractivity contribution in [2.24, 2.45) is 0 Å². The average Bonchev–Trinajstić information content (AvgIpc) is 2.38. The van der Waals surface area contributed by atoms with Gasteiger partial charge < -0.3 is 10.6 Å². The van der Waals surface area contributed by atoms with Crippen molar-refractivity contribution in [3.05, 3.63) is 29.8 Å². The van der Waals surface area contributed by atoms with Gasteiger partial charge in [-0.05, 0) is 38.6 Å². The first-order valence-electron chi connectivity index (χ1n) is 6.71. The van der Waals surface area contributed by atoms with E-state index in [4.69, 9.17) is 0 Å². The van der Waals surface area contributed by atoms with E-state index in [0.717, 1.165) is 44.1 Å². The largest absolute Gasteiger partial charge is 0.325 e. The van der Waals surface area contributed by atoms with E-state index in [1.54, 1.807) is 0 Å².